The smallest absolute Gasteiger partial charge is 0.410 e. The first-order chi connectivity index (χ1) is 7.61. The summed E-state index contributed by atoms with van der Waals surface area (Å²) in [7, 11) is 1.52. The average molecular weight is 231 g/mol. The van der Waals surface area contributed by atoms with Crippen LogP contribution in [0.25, 0.3) is 0 Å². The molecule has 0 spiro atoms. The fraction of sp³-hybridized carbons (Fsp3) is 0.818. The monoisotopic (exact) mass is 231 g/mol. The SMILES string of the molecule is CCCCOC(=O)N(C)CC(=O)OCCC. The van der Waals surface area contributed by atoms with Crippen LogP contribution in [0.5, 0.6) is 0 Å². The van der Waals surface area contributed by atoms with Gasteiger partial charge in [-0.3, -0.25) is 4.79 Å². The van der Waals surface area contributed by atoms with Crippen molar-refractivity contribution in [3.8, 4) is 0 Å². The molecule has 0 saturated heterocycles. The molecule has 0 saturated carbocycles. The van der Waals surface area contributed by atoms with Crippen LogP contribution in [0.3, 0.4) is 0 Å². The van der Waals surface area contributed by atoms with Crippen LogP contribution >= 0.6 is 0 Å². The number of rotatable bonds is 7. The highest BCUT2D eigenvalue weighted by atomic mass is 16.6. The molecule has 0 aliphatic rings. The van der Waals surface area contributed by atoms with Crippen LogP contribution in [0, 0.1) is 0 Å². The number of hydrogen-bond acceptors (Lipinski definition) is 4. The molecule has 0 heterocycles. The summed E-state index contributed by atoms with van der Waals surface area (Å²) in [5, 5.41) is 0. The van der Waals surface area contributed by atoms with E-state index in [9.17, 15) is 9.59 Å². The fourth-order valence-corrected chi connectivity index (χ4v) is 0.934. The Kier molecular flexibility index (Phi) is 8.29. The van der Waals surface area contributed by atoms with Crippen molar-refractivity contribution in [3.05, 3.63) is 0 Å². The lowest BCUT2D eigenvalue weighted by atomic mass is 10.4. The van der Waals surface area contributed by atoms with Gasteiger partial charge >= 0.3 is 12.1 Å². The topological polar surface area (TPSA) is 55.8 Å². The Bertz CT molecular complexity index is 218. The van der Waals surface area contributed by atoms with Crippen LogP contribution in [0.1, 0.15) is 33.1 Å². The molecule has 94 valence electrons. The van der Waals surface area contributed by atoms with E-state index in [0.29, 0.717) is 13.2 Å². The number of carbonyl (C=O) groups excluding carboxylic acids is 2. The fourth-order valence-electron chi connectivity index (χ4n) is 0.934. The molecule has 0 unspecified atom stereocenters. The van der Waals surface area contributed by atoms with Gasteiger partial charge in [-0.15, -0.1) is 0 Å². The van der Waals surface area contributed by atoms with Gasteiger partial charge in [0.2, 0.25) is 0 Å². The maximum absolute atomic E-state index is 11.3. The van der Waals surface area contributed by atoms with Crippen molar-refractivity contribution in [2.24, 2.45) is 0 Å². The number of nitrogens with zero attached hydrogens (tertiary/aromatic N) is 1. The molecule has 0 N–H and O–H groups in total. The Labute approximate surface area is 96.7 Å². The van der Waals surface area contributed by atoms with Crippen molar-refractivity contribution in [2.75, 3.05) is 26.8 Å². The van der Waals surface area contributed by atoms with Crippen LogP contribution in [-0.4, -0.2) is 43.8 Å². The molecule has 0 radical (unpaired) electrons. The van der Waals surface area contributed by atoms with Gasteiger partial charge in [-0.05, 0) is 12.8 Å². The number of ether oxygens (including phenoxy) is 2. The molecule has 0 aromatic rings. The summed E-state index contributed by atoms with van der Waals surface area (Å²) < 4.78 is 9.78. The maximum Gasteiger partial charge on any atom is 0.410 e. The molecule has 0 aromatic heterocycles. The van der Waals surface area contributed by atoms with Crippen molar-refractivity contribution in [2.45, 2.75) is 33.1 Å². The Hall–Kier alpha value is -1.26. The Morgan fingerprint density at radius 3 is 2.31 bits per heavy atom. The van der Waals surface area contributed by atoms with E-state index in [0.717, 1.165) is 19.3 Å². The first kappa shape index (κ1) is 14.7. The standard InChI is InChI=1S/C11H21NO4/c1-4-6-8-16-11(14)12(3)9-10(13)15-7-5-2/h4-9H2,1-3H3. The molecule has 1 amide bonds. The predicted octanol–water partition coefficient (Wildman–Crippen LogP) is 1.81. The van der Waals surface area contributed by atoms with E-state index in [4.69, 9.17) is 9.47 Å². The predicted molar refractivity (Wildman–Crippen MR) is 60.1 cm³/mol. The van der Waals surface area contributed by atoms with E-state index >= 15 is 0 Å². The van der Waals surface area contributed by atoms with Crippen molar-refractivity contribution in [1.82, 2.24) is 4.90 Å². The van der Waals surface area contributed by atoms with E-state index in [1.807, 2.05) is 13.8 Å². The summed E-state index contributed by atoms with van der Waals surface area (Å²) in [6.45, 7) is 4.64. The lowest BCUT2D eigenvalue weighted by Crippen LogP contribution is -2.33. The molecule has 0 fully saturated rings. The number of esters is 1. The van der Waals surface area contributed by atoms with E-state index in [1.165, 1.54) is 11.9 Å². The quantitative estimate of drug-likeness (QED) is 0.495. The third-order valence-corrected chi connectivity index (χ3v) is 1.87. The summed E-state index contributed by atoms with van der Waals surface area (Å²) in [5.41, 5.74) is 0. The number of carbonyl (C=O) groups is 2. The normalized spacial score (nSPS) is 9.69. The van der Waals surface area contributed by atoms with Gasteiger partial charge in [-0.1, -0.05) is 20.3 Å². The highest BCUT2D eigenvalue weighted by molar-refractivity contribution is 5.77. The highest BCUT2D eigenvalue weighted by Gasteiger charge is 2.14. The van der Waals surface area contributed by atoms with Crippen LogP contribution in [0.2, 0.25) is 0 Å². The average Bonchev–Trinajstić information content (AvgIpc) is 2.26. The zero-order valence-electron chi connectivity index (χ0n) is 10.3. The number of hydrogen-bond donors (Lipinski definition) is 0. The van der Waals surface area contributed by atoms with Gasteiger partial charge in [0.25, 0.3) is 0 Å². The van der Waals surface area contributed by atoms with Crippen LogP contribution in [-0.2, 0) is 14.3 Å². The van der Waals surface area contributed by atoms with Gasteiger partial charge in [0, 0.05) is 7.05 Å². The van der Waals surface area contributed by atoms with Gasteiger partial charge in [0.05, 0.1) is 13.2 Å². The van der Waals surface area contributed by atoms with E-state index in [-0.39, 0.29) is 6.54 Å². The summed E-state index contributed by atoms with van der Waals surface area (Å²) in [6, 6.07) is 0. The van der Waals surface area contributed by atoms with E-state index < -0.39 is 12.1 Å². The molecular formula is C11H21NO4. The minimum atomic E-state index is -0.484. The maximum atomic E-state index is 11.3. The molecule has 0 rings (SSSR count). The molecule has 0 aromatic carbocycles. The second-order valence-corrected chi connectivity index (χ2v) is 3.54. The van der Waals surface area contributed by atoms with Crippen molar-refractivity contribution in [3.63, 3.8) is 0 Å². The summed E-state index contributed by atoms with van der Waals surface area (Å²) >= 11 is 0. The molecule has 16 heavy (non-hydrogen) atoms. The Morgan fingerprint density at radius 2 is 1.75 bits per heavy atom. The highest BCUT2D eigenvalue weighted by Crippen LogP contribution is 1.95. The third-order valence-electron chi connectivity index (χ3n) is 1.87. The van der Waals surface area contributed by atoms with Crippen molar-refractivity contribution in [1.29, 1.82) is 0 Å². The minimum absolute atomic E-state index is 0.0645. The molecule has 0 bridgehead atoms. The third kappa shape index (κ3) is 7.09. The molecule has 0 atom stereocenters. The summed E-state index contributed by atoms with van der Waals surface area (Å²) in [6.07, 6.45) is 2.09. The number of likely N-dealkylation sites (N-methyl/N-ethyl adjacent to an activating group) is 1. The van der Waals surface area contributed by atoms with Gasteiger partial charge in [0.1, 0.15) is 6.54 Å². The van der Waals surface area contributed by atoms with E-state index in [1.54, 1.807) is 0 Å². The zero-order chi connectivity index (χ0) is 12.4. The second-order valence-electron chi connectivity index (χ2n) is 3.54. The van der Waals surface area contributed by atoms with Crippen molar-refractivity contribution >= 4 is 12.1 Å². The van der Waals surface area contributed by atoms with Gasteiger partial charge in [0.15, 0.2) is 0 Å². The van der Waals surface area contributed by atoms with Gasteiger partial charge in [-0.25, -0.2) is 4.79 Å². The molecular weight excluding hydrogens is 210 g/mol. The first-order valence-corrected chi connectivity index (χ1v) is 5.65. The molecule has 0 aliphatic heterocycles. The summed E-state index contributed by atoms with van der Waals surface area (Å²) in [4.78, 5) is 23.7. The second kappa shape index (κ2) is 9.00. The van der Waals surface area contributed by atoms with E-state index in [2.05, 4.69) is 0 Å². The Balaban J connectivity index is 3.73. The molecule has 5 heteroatoms. The minimum Gasteiger partial charge on any atom is -0.464 e. The number of amides is 1. The molecule has 0 aliphatic carbocycles. The summed E-state index contributed by atoms with van der Waals surface area (Å²) in [5.74, 6) is -0.406. The zero-order valence-corrected chi connectivity index (χ0v) is 10.3. The lowest BCUT2D eigenvalue weighted by Gasteiger charge is -2.15. The molecule has 5 nitrogen and oxygen atoms in total. The van der Waals surface area contributed by atoms with Crippen LogP contribution in [0.15, 0.2) is 0 Å². The number of unbranched alkanes of at least 4 members (excludes halogenated alkanes) is 1. The first-order valence-electron chi connectivity index (χ1n) is 5.65. The van der Waals surface area contributed by atoms with Crippen LogP contribution in [0.4, 0.5) is 4.79 Å². The van der Waals surface area contributed by atoms with Crippen molar-refractivity contribution < 1.29 is 19.1 Å². The lowest BCUT2D eigenvalue weighted by molar-refractivity contribution is -0.144. The van der Waals surface area contributed by atoms with Gasteiger partial charge < -0.3 is 14.4 Å². The van der Waals surface area contributed by atoms with Gasteiger partial charge in [-0.2, -0.15) is 0 Å². The Morgan fingerprint density at radius 1 is 1.06 bits per heavy atom. The van der Waals surface area contributed by atoms with Crippen LogP contribution < -0.4 is 0 Å². The largest absolute Gasteiger partial charge is 0.464 e.